The maximum Gasteiger partial charge on any atom is 0.323 e. The third-order valence-corrected chi connectivity index (χ3v) is 3.20. The number of hydrogen-bond acceptors (Lipinski definition) is 2. The highest BCUT2D eigenvalue weighted by Crippen LogP contribution is 2.37. The summed E-state index contributed by atoms with van der Waals surface area (Å²) in [5.74, 6) is 0.887. The Labute approximate surface area is 99.8 Å². The van der Waals surface area contributed by atoms with Crippen LogP contribution in [0.5, 0.6) is 5.75 Å². The number of nitrogens with zero attached hydrogens (tertiary/aromatic N) is 2. The number of fused-ring (bicyclic) bond motifs is 1. The molecule has 1 atom stereocenters. The summed E-state index contributed by atoms with van der Waals surface area (Å²) in [5.41, 5.74) is 10.8. The molecule has 1 aliphatic carbocycles. The second-order valence-corrected chi connectivity index (χ2v) is 4.22. The van der Waals surface area contributed by atoms with Crippen LogP contribution in [0.1, 0.15) is 29.9 Å². The predicted octanol–water partition coefficient (Wildman–Crippen LogP) is 1.98. The van der Waals surface area contributed by atoms with E-state index in [2.05, 4.69) is 10.9 Å². The Morgan fingerprint density at radius 3 is 3.18 bits per heavy atom. The number of carbonyl (C=O) groups is 1. The summed E-state index contributed by atoms with van der Waals surface area (Å²) < 4.78 is 5.19. The topological polar surface area (TPSA) is 62.7 Å². The average molecular weight is 230 g/mol. The SMILES string of the molecule is COc1ccc2c(c1)C(CC(=O)C=[N+]=[N-])CC2. The van der Waals surface area contributed by atoms with Crippen LogP contribution in [0.2, 0.25) is 0 Å². The molecule has 1 aliphatic rings. The third kappa shape index (κ3) is 2.43. The fraction of sp³-hybridized carbons (Fsp3) is 0.385. The maximum absolute atomic E-state index is 11.4. The summed E-state index contributed by atoms with van der Waals surface area (Å²) in [6, 6.07) is 5.99. The molecule has 0 amide bonds. The van der Waals surface area contributed by atoms with Crippen molar-refractivity contribution in [3.63, 3.8) is 0 Å². The molecule has 1 unspecified atom stereocenters. The first-order valence-corrected chi connectivity index (χ1v) is 5.61. The molecule has 0 aliphatic heterocycles. The zero-order valence-electron chi connectivity index (χ0n) is 9.72. The molecular weight excluding hydrogens is 216 g/mol. The van der Waals surface area contributed by atoms with Gasteiger partial charge in [-0.25, -0.2) is 0 Å². The summed E-state index contributed by atoms with van der Waals surface area (Å²) >= 11 is 0. The van der Waals surface area contributed by atoms with Gasteiger partial charge in [-0.15, -0.1) is 0 Å². The van der Waals surface area contributed by atoms with Crippen LogP contribution in [-0.2, 0) is 11.2 Å². The summed E-state index contributed by atoms with van der Waals surface area (Å²) in [7, 11) is 1.63. The average Bonchev–Trinajstić information content (AvgIpc) is 2.72. The van der Waals surface area contributed by atoms with Gasteiger partial charge in [-0.05, 0) is 42.0 Å². The minimum atomic E-state index is -0.145. The van der Waals surface area contributed by atoms with E-state index < -0.39 is 0 Å². The molecule has 0 bridgehead atoms. The number of hydrogen-bond donors (Lipinski definition) is 0. The fourth-order valence-electron chi connectivity index (χ4n) is 2.36. The Kier molecular flexibility index (Phi) is 3.35. The van der Waals surface area contributed by atoms with Gasteiger partial charge in [-0.3, -0.25) is 4.79 Å². The summed E-state index contributed by atoms with van der Waals surface area (Å²) in [4.78, 5) is 14.2. The number of Topliss-reactive ketones (excluding diaryl/α,β-unsaturated/α-hetero) is 1. The number of benzene rings is 1. The van der Waals surface area contributed by atoms with Crippen LogP contribution in [0.15, 0.2) is 18.2 Å². The molecule has 0 aromatic heterocycles. The first-order chi connectivity index (χ1) is 8.24. The molecule has 0 spiro atoms. The second kappa shape index (κ2) is 4.93. The maximum atomic E-state index is 11.4. The highest BCUT2D eigenvalue weighted by Gasteiger charge is 2.25. The van der Waals surface area contributed by atoms with Crippen molar-refractivity contribution >= 4 is 12.0 Å². The largest absolute Gasteiger partial charge is 0.497 e. The molecule has 88 valence electrons. The van der Waals surface area contributed by atoms with Crippen LogP contribution in [0.4, 0.5) is 0 Å². The van der Waals surface area contributed by atoms with Gasteiger partial charge in [0.15, 0.2) is 0 Å². The second-order valence-electron chi connectivity index (χ2n) is 4.22. The van der Waals surface area contributed by atoms with Gasteiger partial charge in [0.2, 0.25) is 5.78 Å². The summed E-state index contributed by atoms with van der Waals surface area (Å²) in [6.45, 7) is 0. The van der Waals surface area contributed by atoms with Gasteiger partial charge in [0.05, 0.1) is 7.11 Å². The molecule has 1 aromatic rings. The van der Waals surface area contributed by atoms with Gasteiger partial charge in [-0.2, -0.15) is 4.79 Å². The van der Waals surface area contributed by atoms with Crippen LogP contribution in [0, 0.1) is 0 Å². The molecule has 0 N–H and O–H groups in total. The molecule has 4 nitrogen and oxygen atoms in total. The van der Waals surface area contributed by atoms with Crippen molar-refractivity contribution in [1.29, 1.82) is 0 Å². The van der Waals surface area contributed by atoms with E-state index >= 15 is 0 Å². The first kappa shape index (κ1) is 11.6. The minimum Gasteiger partial charge on any atom is -0.497 e. The quantitative estimate of drug-likeness (QED) is 0.451. The van der Waals surface area contributed by atoms with E-state index in [1.165, 1.54) is 11.1 Å². The molecule has 2 rings (SSSR count). The van der Waals surface area contributed by atoms with Crippen LogP contribution < -0.4 is 4.74 Å². The molecule has 4 heteroatoms. The number of ether oxygens (including phenoxy) is 1. The van der Waals surface area contributed by atoms with E-state index in [1.54, 1.807) is 7.11 Å². The lowest BCUT2D eigenvalue weighted by molar-refractivity contribution is -0.116. The van der Waals surface area contributed by atoms with Crippen LogP contribution >= 0.6 is 0 Å². The number of ketones is 1. The van der Waals surface area contributed by atoms with Gasteiger partial charge in [-0.1, -0.05) is 6.07 Å². The molecule has 17 heavy (non-hydrogen) atoms. The van der Waals surface area contributed by atoms with Gasteiger partial charge < -0.3 is 10.3 Å². The third-order valence-electron chi connectivity index (χ3n) is 3.20. The highest BCUT2D eigenvalue weighted by atomic mass is 16.5. The highest BCUT2D eigenvalue weighted by molar-refractivity contribution is 6.25. The van der Waals surface area contributed by atoms with Gasteiger partial charge in [0.25, 0.3) is 0 Å². The van der Waals surface area contributed by atoms with E-state index in [4.69, 9.17) is 10.3 Å². The zero-order chi connectivity index (χ0) is 12.3. The van der Waals surface area contributed by atoms with Gasteiger partial charge in [0.1, 0.15) is 5.75 Å². The van der Waals surface area contributed by atoms with Crippen molar-refractivity contribution in [3.05, 3.63) is 34.9 Å². The van der Waals surface area contributed by atoms with E-state index in [0.29, 0.717) is 6.42 Å². The smallest absolute Gasteiger partial charge is 0.323 e. The minimum absolute atomic E-state index is 0.145. The lowest BCUT2D eigenvalue weighted by Gasteiger charge is -2.09. The van der Waals surface area contributed by atoms with Crippen molar-refractivity contribution < 1.29 is 14.3 Å². The van der Waals surface area contributed by atoms with Crippen LogP contribution in [-0.4, -0.2) is 23.9 Å². The monoisotopic (exact) mass is 230 g/mol. The standard InChI is InChI=1S/C13H14N2O2/c1-17-12-5-4-9-2-3-10(13(9)7-12)6-11(16)8-15-14/h4-5,7-8,10H,2-3,6H2,1H3. The lowest BCUT2D eigenvalue weighted by atomic mass is 9.96. The van der Waals surface area contributed by atoms with Crippen molar-refractivity contribution in [2.75, 3.05) is 7.11 Å². The predicted molar refractivity (Wildman–Crippen MR) is 63.4 cm³/mol. The number of carbonyl (C=O) groups excluding carboxylic acids is 1. The van der Waals surface area contributed by atoms with E-state index in [9.17, 15) is 4.79 Å². The molecule has 0 heterocycles. The Bertz CT molecular complexity index is 490. The Morgan fingerprint density at radius 2 is 2.47 bits per heavy atom. The zero-order valence-corrected chi connectivity index (χ0v) is 9.72. The fourth-order valence-corrected chi connectivity index (χ4v) is 2.36. The van der Waals surface area contributed by atoms with E-state index in [0.717, 1.165) is 24.8 Å². The van der Waals surface area contributed by atoms with Crippen molar-refractivity contribution in [2.45, 2.75) is 25.2 Å². The first-order valence-electron chi connectivity index (χ1n) is 5.61. The van der Waals surface area contributed by atoms with Crippen molar-refractivity contribution in [3.8, 4) is 5.75 Å². The number of aryl methyl sites for hydroxylation is 1. The Morgan fingerprint density at radius 1 is 1.65 bits per heavy atom. The molecular formula is C13H14N2O2. The molecule has 0 fully saturated rings. The number of methoxy groups -OCH3 is 1. The normalized spacial score (nSPS) is 17.1. The van der Waals surface area contributed by atoms with Crippen LogP contribution in [0.3, 0.4) is 0 Å². The van der Waals surface area contributed by atoms with Gasteiger partial charge >= 0.3 is 6.21 Å². The Hall–Kier alpha value is -1.93. The van der Waals surface area contributed by atoms with Gasteiger partial charge in [0, 0.05) is 6.42 Å². The van der Waals surface area contributed by atoms with E-state index in [1.807, 2.05) is 12.1 Å². The molecule has 1 aromatic carbocycles. The van der Waals surface area contributed by atoms with E-state index in [-0.39, 0.29) is 11.7 Å². The van der Waals surface area contributed by atoms with Crippen molar-refractivity contribution in [1.82, 2.24) is 0 Å². The lowest BCUT2D eigenvalue weighted by Crippen LogP contribution is -2.06. The molecule has 0 saturated carbocycles. The number of rotatable bonds is 4. The Balaban J connectivity index is 2.20. The molecule has 0 saturated heterocycles. The van der Waals surface area contributed by atoms with Crippen LogP contribution in [0.25, 0.3) is 5.53 Å². The summed E-state index contributed by atoms with van der Waals surface area (Å²) in [6.07, 6.45) is 3.32. The van der Waals surface area contributed by atoms with Crippen molar-refractivity contribution in [2.24, 2.45) is 0 Å². The summed E-state index contributed by atoms with van der Waals surface area (Å²) in [5, 5.41) is 0. The molecule has 0 radical (unpaired) electrons.